The molecular formula is C13H13N3O2. The highest BCUT2D eigenvalue weighted by Crippen LogP contribution is 2.33. The van der Waals surface area contributed by atoms with Gasteiger partial charge in [-0.2, -0.15) is 5.26 Å². The predicted octanol–water partition coefficient (Wildman–Crippen LogP) is 2.17. The fourth-order valence-corrected chi connectivity index (χ4v) is 1.83. The van der Waals surface area contributed by atoms with Crippen LogP contribution in [0.25, 0.3) is 10.9 Å². The van der Waals surface area contributed by atoms with E-state index in [1.807, 2.05) is 0 Å². The lowest BCUT2D eigenvalue weighted by Gasteiger charge is -2.11. The molecule has 0 aliphatic carbocycles. The van der Waals surface area contributed by atoms with Gasteiger partial charge in [0.1, 0.15) is 28.9 Å². The van der Waals surface area contributed by atoms with Crippen LogP contribution in [0.3, 0.4) is 0 Å². The maximum Gasteiger partial charge on any atom is 0.145 e. The van der Waals surface area contributed by atoms with E-state index < -0.39 is 0 Å². The van der Waals surface area contributed by atoms with E-state index in [4.69, 9.17) is 14.7 Å². The molecule has 0 atom stereocenters. The Balaban J connectivity index is 2.85. The number of hydrogen-bond donors (Lipinski definition) is 1. The Morgan fingerprint density at radius 1 is 1.22 bits per heavy atom. The largest absolute Gasteiger partial charge is 0.496 e. The molecule has 0 unspecified atom stereocenters. The Morgan fingerprint density at radius 3 is 2.44 bits per heavy atom. The summed E-state index contributed by atoms with van der Waals surface area (Å²) >= 11 is 0. The Morgan fingerprint density at radius 2 is 1.89 bits per heavy atom. The Hall–Kier alpha value is -2.48. The minimum atomic E-state index is 0.469. The summed E-state index contributed by atoms with van der Waals surface area (Å²) in [5.74, 6) is 1.83. The average molecular weight is 243 g/mol. The zero-order valence-corrected chi connectivity index (χ0v) is 10.4. The highest BCUT2D eigenvalue weighted by Gasteiger charge is 2.12. The van der Waals surface area contributed by atoms with Crippen LogP contribution >= 0.6 is 0 Å². The highest BCUT2D eigenvalue weighted by molar-refractivity contribution is 5.92. The summed E-state index contributed by atoms with van der Waals surface area (Å²) in [4.78, 5) is 4.41. The van der Waals surface area contributed by atoms with Gasteiger partial charge in [0.05, 0.1) is 19.8 Å². The number of nitriles is 1. The molecule has 1 N–H and O–H groups in total. The van der Waals surface area contributed by atoms with Crippen molar-refractivity contribution in [2.24, 2.45) is 0 Å². The zero-order valence-electron chi connectivity index (χ0n) is 10.4. The number of ether oxygens (including phenoxy) is 2. The van der Waals surface area contributed by atoms with Crippen LogP contribution in [0.15, 0.2) is 18.2 Å². The van der Waals surface area contributed by atoms with Crippen molar-refractivity contribution in [3.8, 4) is 17.6 Å². The van der Waals surface area contributed by atoms with Crippen molar-refractivity contribution < 1.29 is 9.47 Å². The van der Waals surface area contributed by atoms with Gasteiger partial charge in [0.15, 0.2) is 0 Å². The lowest BCUT2D eigenvalue weighted by Crippen LogP contribution is -1.99. The van der Waals surface area contributed by atoms with Crippen LogP contribution in [0.2, 0.25) is 0 Å². The standard InChI is InChI=1S/C13H13N3O2/c1-15-13-8(7-14)6-9-10(17-2)4-5-11(18-3)12(9)16-13/h4-6H,1-3H3,(H,15,16). The predicted molar refractivity (Wildman–Crippen MR) is 69.1 cm³/mol. The first-order valence-electron chi connectivity index (χ1n) is 5.38. The highest BCUT2D eigenvalue weighted by atomic mass is 16.5. The molecule has 1 aromatic carbocycles. The molecule has 0 fully saturated rings. The van der Waals surface area contributed by atoms with Gasteiger partial charge in [-0.15, -0.1) is 0 Å². The van der Waals surface area contributed by atoms with Crippen LogP contribution in [0.1, 0.15) is 5.56 Å². The molecule has 5 heteroatoms. The monoisotopic (exact) mass is 243 g/mol. The van der Waals surface area contributed by atoms with Crippen LogP contribution < -0.4 is 14.8 Å². The molecule has 5 nitrogen and oxygen atoms in total. The Kier molecular flexibility index (Phi) is 3.20. The second kappa shape index (κ2) is 4.80. The van der Waals surface area contributed by atoms with Crippen molar-refractivity contribution in [1.29, 1.82) is 5.26 Å². The van der Waals surface area contributed by atoms with Gasteiger partial charge in [0.2, 0.25) is 0 Å². The van der Waals surface area contributed by atoms with Gasteiger partial charge in [-0.3, -0.25) is 0 Å². The minimum Gasteiger partial charge on any atom is -0.496 e. The molecule has 2 aromatic rings. The maximum absolute atomic E-state index is 9.10. The number of nitrogens with one attached hydrogen (secondary N) is 1. The van der Waals surface area contributed by atoms with E-state index in [2.05, 4.69) is 16.4 Å². The number of fused-ring (bicyclic) bond motifs is 1. The van der Waals surface area contributed by atoms with Gasteiger partial charge in [0.25, 0.3) is 0 Å². The average Bonchev–Trinajstić information content (AvgIpc) is 2.44. The number of aromatic nitrogens is 1. The van der Waals surface area contributed by atoms with E-state index in [9.17, 15) is 0 Å². The third-order valence-corrected chi connectivity index (χ3v) is 2.70. The van der Waals surface area contributed by atoms with Gasteiger partial charge in [-0.05, 0) is 18.2 Å². The van der Waals surface area contributed by atoms with E-state index in [0.29, 0.717) is 28.4 Å². The molecule has 0 radical (unpaired) electrons. The van der Waals surface area contributed by atoms with Crippen LogP contribution in [0, 0.1) is 11.3 Å². The number of pyridine rings is 1. The summed E-state index contributed by atoms with van der Waals surface area (Å²) in [6.07, 6.45) is 0. The molecule has 2 rings (SSSR count). The van der Waals surface area contributed by atoms with Crippen molar-refractivity contribution in [3.63, 3.8) is 0 Å². The molecular weight excluding hydrogens is 230 g/mol. The number of anilines is 1. The number of hydrogen-bond acceptors (Lipinski definition) is 5. The molecule has 0 saturated carbocycles. The first kappa shape index (κ1) is 12.0. The first-order chi connectivity index (χ1) is 8.74. The maximum atomic E-state index is 9.10. The summed E-state index contributed by atoms with van der Waals surface area (Å²) in [5, 5.41) is 12.8. The SMILES string of the molecule is CNc1nc2c(OC)ccc(OC)c2cc1C#N. The molecule has 1 aromatic heterocycles. The zero-order chi connectivity index (χ0) is 13.1. The van der Waals surface area contributed by atoms with Crippen LogP contribution in [0.4, 0.5) is 5.82 Å². The molecule has 0 bridgehead atoms. The lowest BCUT2D eigenvalue weighted by molar-refractivity contribution is 0.410. The van der Waals surface area contributed by atoms with Crippen molar-refractivity contribution >= 4 is 16.7 Å². The summed E-state index contributed by atoms with van der Waals surface area (Å²) in [5.41, 5.74) is 1.14. The molecule has 18 heavy (non-hydrogen) atoms. The quantitative estimate of drug-likeness (QED) is 0.894. The summed E-state index contributed by atoms with van der Waals surface area (Å²) in [7, 11) is 4.89. The van der Waals surface area contributed by atoms with Crippen LogP contribution in [-0.2, 0) is 0 Å². The summed E-state index contributed by atoms with van der Waals surface area (Å²) in [6.45, 7) is 0. The number of nitrogens with zero attached hydrogens (tertiary/aromatic N) is 2. The third-order valence-electron chi connectivity index (χ3n) is 2.70. The van der Waals surface area contributed by atoms with Crippen LogP contribution in [-0.4, -0.2) is 26.3 Å². The third kappa shape index (κ3) is 1.78. The summed E-state index contributed by atoms with van der Waals surface area (Å²) < 4.78 is 10.5. The van der Waals surface area contributed by atoms with E-state index in [1.165, 1.54) is 0 Å². The molecule has 92 valence electrons. The molecule has 0 saturated heterocycles. The van der Waals surface area contributed by atoms with Gasteiger partial charge in [-0.1, -0.05) is 0 Å². The molecule has 0 aliphatic heterocycles. The minimum absolute atomic E-state index is 0.469. The van der Waals surface area contributed by atoms with Crippen LogP contribution in [0.5, 0.6) is 11.5 Å². The fourth-order valence-electron chi connectivity index (χ4n) is 1.83. The van der Waals surface area contributed by atoms with Gasteiger partial charge >= 0.3 is 0 Å². The van der Waals surface area contributed by atoms with Gasteiger partial charge in [-0.25, -0.2) is 4.98 Å². The number of methoxy groups -OCH3 is 2. The first-order valence-corrected chi connectivity index (χ1v) is 5.38. The summed E-state index contributed by atoms with van der Waals surface area (Å²) in [6, 6.07) is 7.44. The van der Waals surface area contributed by atoms with Crippen molar-refractivity contribution in [2.75, 3.05) is 26.6 Å². The smallest absolute Gasteiger partial charge is 0.145 e. The van der Waals surface area contributed by atoms with E-state index in [1.54, 1.807) is 39.5 Å². The molecule has 0 amide bonds. The lowest BCUT2D eigenvalue weighted by atomic mass is 10.1. The second-order valence-corrected chi connectivity index (χ2v) is 3.61. The van der Waals surface area contributed by atoms with Crippen molar-refractivity contribution in [2.45, 2.75) is 0 Å². The molecule has 0 spiro atoms. The normalized spacial score (nSPS) is 9.89. The second-order valence-electron chi connectivity index (χ2n) is 3.61. The Bertz CT molecular complexity index is 632. The number of benzene rings is 1. The van der Waals surface area contributed by atoms with Gasteiger partial charge < -0.3 is 14.8 Å². The van der Waals surface area contributed by atoms with Crippen molar-refractivity contribution in [1.82, 2.24) is 4.98 Å². The Labute approximate surface area is 105 Å². The fraction of sp³-hybridized carbons (Fsp3) is 0.231. The number of rotatable bonds is 3. The van der Waals surface area contributed by atoms with Gasteiger partial charge in [0, 0.05) is 12.4 Å². The van der Waals surface area contributed by atoms with Crippen molar-refractivity contribution in [3.05, 3.63) is 23.8 Å². The van der Waals surface area contributed by atoms with E-state index in [0.717, 1.165) is 5.39 Å². The molecule has 1 heterocycles. The van der Waals surface area contributed by atoms with E-state index in [-0.39, 0.29) is 0 Å². The van der Waals surface area contributed by atoms with E-state index >= 15 is 0 Å². The topological polar surface area (TPSA) is 67.2 Å². The molecule has 0 aliphatic rings.